The number of hydrogen-bond acceptors (Lipinski definition) is 2. The molecule has 0 spiro atoms. The standard InChI is InChI=1S/C16H22N2O/c1-10-8-13(10)15(17-2)12-6-5-11-4-3-7-18-16(19)14(11)9-12/h5-6,9-10,13,15,17H,3-4,7-8H2,1-2H3,(H,18,19). The van der Waals surface area contributed by atoms with E-state index in [9.17, 15) is 4.79 Å². The Hall–Kier alpha value is -1.35. The summed E-state index contributed by atoms with van der Waals surface area (Å²) in [5.41, 5.74) is 3.33. The smallest absolute Gasteiger partial charge is 0.251 e. The highest BCUT2D eigenvalue weighted by Crippen LogP contribution is 2.47. The average Bonchev–Trinajstić information content (AvgIpc) is 3.15. The van der Waals surface area contributed by atoms with Gasteiger partial charge < -0.3 is 10.6 Å². The van der Waals surface area contributed by atoms with Crippen molar-refractivity contribution in [2.75, 3.05) is 13.6 Å². The van der Waals surface area contributed by atoms with Gasteiger partial charge in [-0.25, -0.2) is 0 Å². The maximum atomic E-state index is 12.1. The first-order chi connectivity index (χ1) is 9.20. The zero-order valence-electron chi connectivity index (χ0n) is 11.7. The molecule has 1 aromatic rings. The quantitative estimate of drug-likeness (QED) is 0.873. The van der Waals surface area contributed by atoms with E-state index < -0.39 is 0 Å². The Bertz CT molecular complexity index is 498. The molecule has 1 aliphatic carbocycles. The number of amides is 1. The number of fused-ring (bicyclic) bond motifs is 1. The van der Waals surface area contributed by atoms with Crippen LogP contribution in [-0.2, 0) is 6.42 Å². The van der Waals surface area contributed by atoms with Crippen molar-refractivity contribution in [1.82, 2.24) is 10.6 Å². The van der Waals surface area contributed by atoms with Gasteiger partial charge in [-0.3, -0.25) is 4.79 Å². The SMILES string of the molecule is CNC(c1ccc2c(c1)C(=O)NCCC2)C1CC1C. The molecule has 1 saturated carbocycles. The molecule has 3 nitrogen and oxygen atoms in total. The summed E-state index contributed by atoms with van der Waals surface area (Å²) in [5.74, 6) is 1.61. The van der Waals surface area contributed by atoms with Crippen LogP contribution in [0.4, 0.5) is 0 Å². The number of nitrogens with one attached hydrogen (secondary N) is 2. The van der Waals surface area contributed by atoms with Gasteiger partial charge in [0.25, 0.3) is 5.91 Å². The van der Waals surface area contributed by atoms with Crippen molar-refractivity contribution in [3.8, 4) is 0 Å². The van der Waals surface area contributed by atoms with Crippen LogP contribution in [-0.4, -0.2) is 19.5 Å². The van der Waals surface area contributed by atoms with E-state index in [1.165, 1.54) is 17.5 Å². The highest BCUT2D eigenvalue weighted by atomic mass is 16.1. The Labute approximate surface area is 114 Å². The van der Waals surface area contributed by atoms with Crippen LogP contribution in [0.2, 0.25) is 0 Å². The molecule has 19 heavy (non-hydrogen) atoms. The molecule has 0 bridgehead atoms. The second kappa shape index (κ2) is 4.97. The minimum atomic E-state index is 0.0908. The molecule has 3 rings (SSSR count). The lowest BCUT2D eigenvalue weighted by Crippen LogP contribution is -2.24. The lowest BCUT2D eigenvalue weighted by Gasteiger charge is -2.18. The van der Waals surface area contributed by atoms with Crippen LogP contribution in [0.5, 0.6) is 0 Å². The molecule has 1 fully saturated rings. The minimum absolute atomic E-state index is 0.0908. The van der Waals surface area contributed by atoms with Gasteiger partial charge in [0, 0.05) is 18.2 Å². The molecule has 1 amide bonds. The molecule has 0 saturated heterocycles. The molecule has 2 aliphatic rings. The monoisotopic (exact) mass is 258 g/mol. The van der Waals surface area contributed by atoms with E-state index in [1.807, 2.05) is 7.05 Å². The molecule has 3 unspecified atom stereocenters. The van der Waals surface area contributed by atoms with Crippen molar-refractivity contribution in [3.63, 3.8) is 0 Å². The van der Waals surface area contributed by atoms with Crippen molar-refractivity contribution < 1.29 is 4.79 Å². The first kappa shape index (κ1) is 12.7. The molecule has 3 heteroatoms. The maximum Gasteiger partial charge on any atom is 0.251 e. The zero-order chi connectivity index (χ0) is 13.4. The van der Waals surface area contributed by atoms with E-state index in [0.29, 0.717) is 6.04 Å². The van der Waals surface area contributed by atoms with E-state index in [2.05, 4.69) is 35.8 Å². The zero-order valence-corrected chi connectivity index (χ0v) is 11.7. The van der Waals surface area contributed by atoms with Gasteiger partial charge in [0.1, 0.15) is 0 Å². The average molecular weight is 258 g/mol. The van der Waals surface area contributed by atoms with Crippen LogP contribution < -0.4 is 10.6 Å². The van der Waals surface area contributed by atoms with Crippen LogP contribution >= 0.6 is 0 Å². The van der Waals surface area contributed by atoms with Gasteiger partial charge in [-0.05, 0) is 55.3 Å². The Morgan fingerprint density at radius 3 is 2.89 bits per heavy atom. The number of carbonyl (C=O) groups is 1. The number of benzene rings is 1. The topological polar surface area (TPSA) is 41.1 Å². The third kappa shape index (κ3) is 2.39. The summed E-state index contributed by atoms with van der Waals surface area (Å²) >= 11 is 0. The van der Waals surface area contributed by atoms with Gasteiger partial charge >= 0.3 is 0 Å². The van der Waals surface area contributed by atoms with E-state index >= 15 is 0 Å². The van der Waals surface area contributed by atoms with Crippen molar-refractivity contribution in [3.05, 3.63) is 34.9 Å². The summed E-state index contributed by atoms with van der Waals surface area (Å²) < 4.78 is 0. The molecule has 1 aliphatic heterocycles. The Morgan fingerprint density at radius 1 is 1.42 bits per heavy atom. The van der Waals surface area contributed by atoms with Gasteiger partial charge in [0.15, 0.2) is 0 Å². The predicted molar refractivity (Wildman–Crippen MR) is 76.2 cm³/mol. The highest BCUT2D eigenvalue weighted by molar-refractivity contribution is 5.96. The normalized spacial score (nSPS) is 27.2. The Kier molecular flexibility index (Phi) is 3.31. The highest BCUT2D eigenvalue weighted by Gasteiger charge is 2.39. The third-order valence-corrected chi connectivity index (χ3v) is 4.56. The molecule has 1 heterocycles. The Balaban J connectivity index is 1.93. The largest absolute Gasteiger partial charge is 0.352 e. The summed E-state index contributed by atoms with van der Waals surface area (Å²) in [6.45, 7) is 3.09. The van der Waals surface area contributed by atoms with Crippen LogP contribution in [0.3, 0.4) is 0 Å². The van der Waals surface area contributed by atoms with Crippen molar-refractivity contribution in [2.45, 2.75) is 32.2 Å². The molecule has 0 aromatic heterocycles. The maximum absolute atomic E-state index is 12.1. The predicted octanol–water partition coefficient (Wildman–Crippen LogP) is 2.28. The fourth-order valence-electron chi connectivity index (χ4n) is 3.24. The summed E-state index contributed by atoms with van der Waals surface area (Å²) in [5, 5.41) is 6.40. The van der Waals surface area contributed by atoms with Gasteiger partial charge in [0.05, 0.1) is 0 Å². The molecule has 2 N–H and O–H groups in total. The van der Waals surface area contributed by atoms with Gasteiger partial charge in [-0.2, -0.15) is 0 Å². The first-order valence-corrected chi connectivity index (χ1v) is 7.29. The molecular weight excluding hydrogens is 236 g/mol. The number of aryl methyl sites for hydroxylation is 1. The van der Waals surface area contributed by atoms with Crippen molar-refractivity contribution in [1.29, 1.82) is 0 Å². The van der Waals surface area contributed by atoms with Gasteiger partial charge in [-0.1, -0.05) is 19.1 Å². The second-order valence-corrected chi connectivity index (χ2v) is 5.92. The lowest BCUT2D eigenvalue weighted by atomic mass is 9.95. The van der Waals surface area contributed by atoms with Crippen LogP contribution in [0.1, 0.15) is 47.3 Å². The van der Waals surface area contributed by atoms with Crippen molar-refractivity contribution in [2.24, 2.45) is 11.8 Å². The van der Waals surface area contributed by atoms with Crippen LogP contribution in [0, 0.1) is 11.8 Å². The fourth-order valence-corrected chi connectivity index (χ4v) is 3.24. The van der Waals surface area contributed by atoms with Gasteiger partial charge in [-0.15, -0.1) is 0 Å². The van der Waals surface area contributed by atoms with E-state index in [0.717, 1.165) is 36.8 Å². The molecule has 102 valence electrons. The second-order valence-electron chi connectivity index (χ2n) is 5.92. The first-order valence-electron chi connectivity index (χ1n) is 7.29. The molecular formula is C16H22N2O. The van der Waals surface area contributed by atoms with Crippen LogP contribution in [0.15, 0.2) is 18.2 Å². The Morgan fingerprint density at radius 2 is 2.21 bits per heavy atom. The van der Waals surface area contributed by atoms with E-state index in [-0.39, 0.29) is 5.91 Å². The third-order valence-electron chi connectivity index (χ3n) is 4.56. The summed E-state index contributed by atoms with van der Waals surface area (Å²) in [7, 11) is 2.02. The summed E-state index contributed by atoms with van der Waals surface area (Å²) in [4.78, 5) is 12.1. The van der Waals surface area contributed by atoms with E-state index in [1.54, 1.807) is 0 Å². The number of rotatable bonds is 3. The van der Waals surface area contributed by atoms with Crippen LogP contribution in [0.25, 0.3) is 0 Å². The molecule has 1 aromatic carbocycles. The van der Waals surface area contributed by atoms with Crippen molar-refractivity contribution >= 4 is 5.91 Å². The molecule has 3 atom stereocenters. The van der Waals surface area contributed by atoms with E-state index in [4.69, 9.17) is 0 Å². The summed E-state index contributed by atoms with van der Waals surface area (Å²) in [6.07, 6.45) is 3.32. The lowest BCUT2D eigenvalue weighted by molar-refractivity contribution is 0.0956. The minimum Gasteiger partial charge on any atom is -0.352 e. The molecule has 0 radical (unpaired) electrons. The summed E-state index contributed by atoms with van der Waals surface area (Å²) in [6, 6.07) is 6.83. The fraction of sp³-hybridized carbons (Fsp3) is 0.562. The van der Waals surface area contributed by atoms with Gasteiger partial charge in [0.2, 0.25) is 0 Å². The number of carbonyl (C=O) groups excluding carboxylic acids is 1. The number of hydrogen-bond donors (Lipinski definition) is 2.